The van der Waals surface area contributed by atoms with Crippen molar-refractivity contribution in [1.82, 2.24) is 4.90 Å². The predicted octanol–water partition coefficient (Wildman–Crippen LogP) is 3.77. The van der Waals surface area contributed by atoms with Crippen LogP contribution in [0.2, 0.25) is 5.02 Å². The highest BCUT2D eigenvalue weighted by atomic mass is 79.9. The van der Waals surface area contributed by atoms with Gasteiger partial charge in [-0.15, -0.1) is 0 Å². The molecule has 0 heterocycles. The molecular formula is C15H21BrClNO2. The Bertz CT molecular complexity index is 440. The predicted molar refractivity (Wildman–Crippen MR) is 86.5 cm³/mol. The van der Waals surface area contributed by atoms with E-state index in [1.54, 1.807) is 12.1 Å². The molecule has 0 bridgehead atoms. The fourth-order valence-electron chi connectivity index (χ4n) is 1.97. The Kier molecular flexibility index (Phi) is 8.38. The second-order valence-corrected chi connectivity index (χ2v) is 6.04. The molecule has 0 aliphatic carbocycles. The van der Waals surface area contributed by atoms with E-state index in [1.807, 2.05) is 6.07 Å². The van der Waals surface area contributed by atoms with Gasteiger partial charge in [-0.2, -0.15) is 0 Å². The van der Waals surface area contributed by atoms with E-state index in [0.29, 0.717) is 30.1 Å². The smallest absolute Gasteiger partial charge is 0.165 e. The summed E-state index contributed by atoms with van der Waals surface area (Å²) >= 11 is 9.40. The number of carbonyl (C=O) groups excluding carboxylic acids is 1. The number of hydrogen-bond donors (Lipinski definition) is 1. The molecule has 0 saturated carbocycles. The Morgan fingerprint density at radius 3 is 2.70 bits per heavy atom. The molecule has 0 atom stereocenters. The van der Waals surface area contributed by atoms with Crippen molar-refractivity contribution in [2.24, 2.45) is 0 Å². The Labute approximate surface area is 134 Å². The van der Waals surface area contributed by atoms with E-state index < -0.39 is 0 Å². The van der Waals surface area contributed by atoms with Crippen molar-refractivity contribution in [2.75, 3.05) is 26.2 Å². The number of aliphatic hydroxyl groups excluding tert-OH is 1. The SMILES string of the molecule is CCCCN(CCO)CCC(=O)c1ccc(Br)cc1Cl. The van der Waals surface area contributed by atoms with Crippen LogP contribution in [0.4, 0.5) is 0 Å². The maximum atomic E-state index is 12.2. The third-order valence-electron chi connectivity index (χ3n) is 3.13. The zero-order valence-corrected chi connectivity index (χ0v) is 14.1. The fourth-order valence-corrected chi connectivity index (χ4v) is 2.75. The highest BCUT2D eigenvalue weighted by Crippen LogP contribution is 2.22. The zero-order chi connectivity index (χ0) is 15.0. The van der Waals surface area contributed by atoms with Crippen LogP contribution in [0.15, 0.2) is 22.7 Å². The number of rotatable bonds is 9. The number of unbranched alkanes of at least 4 members (excludes halogenated alkanes) is 1. The van der Waals surface area contributed by atoms with Crippen LogP contribution in [0, 0.1) is 0 Å². The van der Waals surface area contributed by atoms with E-state index in [4.69, 9.17) is 16.7 Å². The number of hydrogen-bond acceptors (Lipinski definition) is 3. The standard InChI is InChI=1S/C15H21BrClNO2/c1-2-3-7-18(9-10-19)8-6-15(20)13-5-4-12(16)11-14(13)17/h4-5,11,19H,2-3,6-10H2,1H3. The first kappa shape index (κ1) is 17.6. The summed E-state index contributed by atoms with van der Waals surface area (Å²) in [4.78, 5) is 14.3. The highest BCUT2D eigenvalue weighted by Gasteiger charge is 2.12. The van der Waals surface area contributed by atoms with Gasteiger partial charge in [-0.05, 0) is 31.2 Å². The van der Waals surface area contributed by atoms with E-state index >= 15 is 0 Å². The van der Waals surface area contributed by atoms with Gasteiger partial charge in [0.2, 0.25) is 0 Å². The summed E-state index contributed by atoms with van der Waals surface area (Å²) in [6, 6.07) is 5.30. The van der Waals surface area contributed by atoms with Gasteiger partial charge in [0.15, 0.2) is 5.78 Å². The van der Waals surface area contributed by atoms with Crippen molar-refractivity contribution in [2.45, 2.75) is 26.2 Å². The molecule has 0 saturated heterocycles. The lowest BCUT2D eigenvalue weighted by Gasteiger charge is -2.20. The molecule has 1 aromatic carbocycles. The summed E-state index contributed by atoms with van der Waals surface area (Å²) in [6.07, 6.45) is 2.60. The van der Waals surface area contributed by atoms with E-state index in [0.717, 1.165) is 23.9 Å². The molecule has 20 heavy (non-hydrogen) atoms. The number of ketones is 1. The van der Waals surface area contributed by atoms with Crippen molar-refractivity contribution < 1.29 is 9.90 Å². The summed E-state index contributed by atoms with van der Waals surface area (Å²) in [6.45, 7) is 4.44. The molecular weight excluding hydrogens is 342 g/mol. The quantitative estimate of drug-likeness (QED) is 0.680. The number of carbonyl (C=O) groups is 1. The highest BCUT2D eigenvalue weighted by molar-refractivity contribution is 9.10. The molecule has 3 nitrogen and oxygen atoms in total. The summed E-state index contributed by atoms with van der Waals surface area (Å²) in [5.74, 6) is 0.0435. The zero-order valence-electron chi connectivity index (χ0n) is 11.7. The molecule has 0 radical (unpaired) electrons. The Morgan fingerprint density at radius 2 is 2.10 bits per heavy atom. The molecule has 0 aromatic heterocycles. The van der Waals surface area contributed by atoms with Gasteiger partial charge in [-0.25, -0.2) is 0 Å². The van der Waals surface area contributed by atoms with Crippen LogP contribution in [-0.2, 0) is 0 Å². The summed E-state index contributed by atoms with van der Waals surface area (Å²) in [5, 5.41) is 9.52. The molecule has 5 heteroatoms. The average Bonchev–Trinajstić information content (AvgIpc) is 2.41. The molecule has 112 valence electrons. The summed E-state index contributed by atoms with van der Waals surface area (Å²) in [7, 11) is 0. The molecule has 0 unspecified atom stereocenters. The largest absolute Gasteiger partial charge is 0.395 e. The van der Waals surface area contributed by atoms with Gasteiger partial charge in [0.25, 0.3) is 0 Å². The summed E-state index contributed by atoms with van der Waals surface area (Å²) < 4.78 is 0.865. The molecule has 0 aliphatic rings. The van der Waals surface area contributed by atoms with E-state index in [2.05, 4.69) is 27.8 Å². The second-order valence-electron chi connectivity index (χ2n) is 4.72. The third kappa shape index (κ3) is 5.92. The monoisotopic (exact) mass is 361 g/mol. The van der Waals surface area contributed by atoms with E-state index in [9.17, 15) is 4.79 Å². The minimum atomic E-state index is 0.0435. The van der Waals surface area contributed by atoms with E-state index in [-0.39, 0.29) is 12.4 Å². The topological polar surface area (TPSA) is 40.5 Å². The Balaban J connectivity index is 2.55. The molecule has 0 fully saturated rings. The van der Waals surface area contributed by atoms with Gasteiger partial charge in [0.1, 0.15) is 0 Å². The van der Waals surface area contributed by atoms with Crippen LogP contribution in [-0.4, -0.2) is 42.0 Å². The van der Waals surface area contributed by atoms with Crippen LogP contribution < -0.4 is 0 Å². The molecule has 1 rings (SSSR count). The number of aliphatic hydroxyl groups is 1. The van der Waals surface area contributed by atoms with Crippen molar-refractivity contribution in [3.63, 3.8) is 0 Å². The van der Waals surface area contributed by atoms with Gasteiger partial charge in [0.05, 0.1) is 11.6 Å². The Hall–Kier alpha value is -0.420. The molecule has 0 spiro atoms. The van der Waals surface area contributed by atoms with Crippen LogP contribution in [0.3, 0.4) is 0 Å². The van der Waals surface area contributed by atoms with Crippen molar-refractivity contribution >= 4 is 33.3 Å². The first-order chi connectivity index (χ1) is 9.58. The number of benzene rings is 1. The number of nitrogens with zero attached hydrogens (tertiary/aromatic N) is 1. The molecule has 0 aliphatic heterocycles. The van der Waals surface area contributed by atoms with Crippen molar-refractivity contribution in [1.29, 1.82) is 0 Å². The lowest BCUT2D eigenvalue weighted by molar-refractivity contribution is 0.0957. The minimum Gasteiger partial charge on any atom is -0.395 e. The van der Waals surface area contributed by atoms with Gasteiger partial charge >= 0.3 is 0 Å². The summed E-state index contributed by atoms with van der Waals surface area (Å²) in [5.41, 5.74) is 0.564. The van der Waals surface area contributed by atoms with Crippen molar-refractivity contribution in [3.8, 4) is 0 Å². The number of halogens is 2. The maximum absolute atomic E-state index is 12.2. The molecule has 0 amide bonds. The third-order valence-corrected chi connectivity index (χ3v) is 3.94. The van der Waals surface area contributed by atoms with Gasteiger partial charge in [-0.1, -0.05) is 40.9 Å². The van der Waals surface area contributed by atoms with Crippen LogP contribution in [0.25, 0.3) is 0 Å². The van der Waals surface area contributed by atoms with Gasteiger partial charge in [-0.3, -0.25) is 4.79 Å². The van der Waals surface area contributed by atoms with Gasteiger partial charge in [0, 0.05) is 29.5 Å². The molecule has 1 N–H and O–H groups in total. The van der Waals surface area contributed by atoms with Crippen LogP contribution in [0.1, 0.15) is 36.5 Å². The lowest BCUT2D eigenvalue weighted by atomic mass is 10.1. The second kappa shape index (κ2) is 9.50. The fraction of sp³-hybridized carbons (Fsp3) is 0.533. The first-order valence-electron chi connectivity index (χ1n) is 6.90. The molecule has 1 aromatic rings. The Morgan fingerprint density at radius 1 is 1.35 bits per heavy atom. The lowest BCUT2D eigenvalue weighted by Crippen LogP contribution is -2.30. The minimum absolute atomic E-state index is 0.0435. The normalized spacial score (nSPS) is 11.1. The van der Waals surface area contributed by atoms with Crippen molar-refractivity contribution in [3.05, 3.63) is 33.3 Å². The van der Waals surface area contributed by atoms with E-state index in [1.165, 1.54) is 0 Å². The number of Topliss-reactive ketones (excluding diaryl/α,β-unsaturated/α-hetero) is 1. The van der Waals surface area contributed by atoms with Crippen LogP contribution in [0.5, 0.6) is 0 Å². The maximum Gasteiger partial charge on any atom is 0.165 e. The van der Waals surface area contributed by atoms with Crippen LogP contribution >= 0.6 is 27.5 Å². The van der Waals surface area contributed by atoms with Gasteiger partial charge < -0.3 is 10.0 Å². The first-order valence-corrected chi connectivity index (χ1v) is 8.07. The average molecular weight is 363 g/mol.